The van der Waals surface area contributed by atoms with E-state index in [9.17, 15) is 14.7 Å². The molecular formula is C22H31N3O3. The number of piperidine rings is 1. The van der Waals surface area contributed by atoms with Gasteiger partial charge in [-0.1, -0.05) is 0 Å². The van der Waals surface area contributed by atoms with E-state index in [4.69, 9.17) is 0 Å². The summed E-state index contributed by atoms with van der Waals surface area (Å²) in [5.74, 6) is 0.262. The molecule has 2 saturated heterocycles. The van der Waals surface area contributed by atoms with E-state index in [0.29, 0.717) is 19.4 Å². The van der Waals surface area contributed by atoms with Gasteiger partial charge in [0, 0.05) is 37.9 Å². The minimum Gasteiger partial charge on any atom is -0.393 e. The fraction of sp³-hybridized carbons (Fsp3) is 0.682. The minimum absolute atomic E-state index is 0.101. The summed E-state index contributed by atoms with van der Waals surface area (Å²) in [5, 5.41) is 9.80. The van der Waals surface area contributed by atoms with Crippen LogP contribution >= 0.6 is 0 Å². The van der Waals surface area contributed by atoms with Crippen molar-refractivity contribution in [2.45, 2.75) is 81.9 Å². The quantitative estimate of drug-likeness (QED) is 0.863. The third kappa shape index (κ3) is 3.66. The Morgan fingerprint density at radius 3 is 2.50 bits per heavy atom. The van der Waals surface area contributed by atoms with E-state index in [-0.39, 0.29) is 24.0 Å². The van der Waals surface area contributed by atoms with Crippen LogP contribution in [0.5, 0.6) is 0 Å². The molecule has 152 valence electrons. The number of aliphatic hydroxyl groups excluding tert-OH is 1. The van der Waals surface area contributed by atoms with Crippen LogP contribution in [0.2, 0.25) is 0 Å². The van der Waals surface area contributed by atoms with Crippen LogP contribution < -0.4 is 0 Å². The summed E-state index contributed by atoms with van der Waals surface area (Å²) in [6.07, 6.45) is 11.1. The fourth-order valence-corrected chi connectivity index (χ4v) is 5.40. The van der Waals surface area contributed by atoms with Crippen molar-refractivity contribution in [3.8, 4) is 0 Å². The predicted octanol–water partition coefficient (Wildman–Crippen LogP) is 2.30. The average Bonchev–Trinajstić information content (AvgIpc) is 3.14. The molecule has 2 amide bonds. The van der Waals surface area contributed by atoms with E-state index in [2.05, 4.69) is 4.98 Å². The highest BCUT2D eigenvalue weighted by atomic mass is 16.3. The normalized spacial score (nSPS) is 30.8. The molecular weight excluding hydrogens is 354 g/mol. The van der Waals surface area contributed by atoms with Crippen LogP contribution in [0.3, 0.4) is 0 Å². The van der Waals surface area contributed by atoms with E-state index in [0.717, 1.165) is 63.5 Å². The first-order valence-corrected chi connectivity index (χ1v) is 10.8. The number of rotatable bonds is 4. The first-order valence-electron chi connectivity index (χ1n) is 10.8. The predicted molar refractivity (Wildman–Crippen MR) is 105 cm³/mol. The maximum absolute atomic E-state index is 13.6. The van der Waals surface area contributed by atoms with Gasteiger partial charge in [-0.05, 0) is 75.5 Å². The number of amides is 2. The third-order valence-corrected chi connectivity index (χ3v) is 6.92. The lowest BCUT2D eigenvalue weighted by atomic mass is 9.82. The van der Waals surface area contributed by atoms with Crippen molar-refractivity contribution in [1.29, 1.82) is 0 Å². The molecule has 0 bridgehead atoms. The molecule has 3 fully saturated rings. The number of carbonyl (C=O) groups excluding carboxylic acids is 2. The van der Waals surface area contributed by atoms with Gasteiger partial charge < -0.3 is 14.9 Å². The van der Waals surface area contributed by atoms with Gasteiger partial charge in [0.05, 0.1) is 6.10 Å². The highest BCUT2D eigenvalue weighted by molar-refractivity contribution is 5.93. The molecule has 6 nitrogen and oxygen atoms in total. The van der Waals surface area contributed by atoms with Gasteiger partial charge in [-0.2, -0.15) is 0 Å². The summed E-state index contributed by atoms with van der Waals surface area (Å²) in [5.41, 5.74) is 0.484. The number of aromatic nitrogens is 1. The molecule has 4 rings (SSSR count). The molecule has 1 aromatic rings. The lowest BCUT2D eigenvalue weighted by Gasteiger charge is -2.48. The van der Waals surface area contributed by atoms with E-state index in [1.807, 2.05) is 21.9 Å². The second-order valence-corrected chi connectivity index (χ2v) is 8.60. The average molecular weight is 386 g/mol. The summed E-state index contributed by atoms with van der Waals surface area (Å²) in [6, 6.07) is 4.11. The van der Waals surface area contributed by atoms with Gasteiger partial charge in [0.1, 0.15) is 5.54 Å². The smallest absolute Gasteiger partial charge is 0.248 e. The molecule has 1 saturated carbocycles. The monoisotopic (exact) mass is 385 g/mol. The van der Waals surface area contributed by atoms with E-state index < -0.39 is 5.54 Å². The van der Waals surface area contributed by atoms with Crippen molar-refractivity contribution in [3.63, 3.8) is 0 Å². The van der Waals surface area contributed by atoms with Crippen LogP contribution in [0.25, 0.3) is 0 Å². The zero-order valence-electron chi connectivity index (χ0n) is 16.6. The Morgan fingerprint density at radius 2 is 1.79 bits per heavy atom. The largest absolute Gasteiger partial charge is 0.393 e. The minimum atomic E-state index is -0.621. The van der Waals surface area contributed by atoms with E-state index >= 15 is 0 Å². The van der Waals surface area contributed by atoms with Crippen LogP contribution in [-0.2, 0) is 16.0 Å². The molecule has 1 aromatic heterocycles. The zero-order chi connectivity index (χ0) is 19.6. The molecule has 6 heteroatoms. The van der Waals surface area contributed by atoms with E-state index in [1.54, 1.807) is 12.4 Å². The summed E-state index contributed by atoms with van der Waals surface area (Å²) >= 11 is 0. The van der Waals surface area contributed by atoms with Gasteiger partial charge in [-0.3, -0.25) is 14.6 Å². The summed E-state index contributed by atoms with van der Waals surface area (Å²) in [6.45, 7) is 1.48. The van der Waals surface area contributed by atoms with Crippen LogP contribution in [-0.4, -0.2) is 62.5 Å². The van der Waals surface area contributed by atoms with Gasteiger partial charge in [-0.25, -0.2) is 0 Å². The summed E-state index contributed by atoms with van der Waals surface area (Å²) < 4.78 is 0. The Balaban J connectivity index is 1.45. The Labute approximate surface area is 166 Å². The molecule has 3 heterocycles. The number of nitrogens with zero attached hydrogens (tertiary/aromatic N) is 3. The number of likely N-dealkylation sites (tertiary alicyclic amines) is 2. The van der Waals surface area contributed by atoms with Crippen LogP contribution in [0.15, 0.2) is 24.5 Å². The van der Waals surface area contributed by atoms with Crippen LogP contribution in [0, 0.1) is 0 Å². The Bertz CT molecular complexity index is 702. The highest BCUT2D eigenvalue weighted by Gasteiger charge is 2.53. The summed E-state index contributed by atoms with van der Waals surface area (Å²) in [7, 11) is 0. The van der Waals surface area contributed by atoms with Gasteiger partial charge in [0.2, 0.25) is 11.8 Å². The first kappa shape index (κ1) is 19.4. The van der Waals surface area contributed by atoms with Crippen molar-refractivity contribution in [2.75, 3.05) is 13.1 Å². The number of aryl methyl sites for hydroxylation is 1. The Hall–Kier alpha value is -1.95. The molecule has 1 N–H and O–H groups in total. The summed E-state index contributed by atoms with van der Waals surface area (Å²) in [4.78, 5) is 34.6. The topological polar surface area (TPSA) is 73.7 Å². The molecule has 1 unspecified atom stereocenters. The molecule has 3 aliphatic rings. The third-order valence-electron chi connectivity index (χ3n) is 6.92. The first-order chi connectivity index (χ1) is 13.6. The van der Waals surface area contributed by atoms with Gasteiger partial charge in [0.15, 0.2) is 0 Å². The number of aliphatic hydroxyl groups is 1. The molecule has 0 aromatic carbocycles. The second-order valence-electron chi connectivity index (χ2n) is 8.60. The van der Waals surface area contributed by atoms with Crippen molar-refractivity contribution in [3.05, 3.63) is 30.1 Å². The van der Waals surface area contributed by atoms with Gasteiger partial charge in [-0.15, -0.1) is 0 Å². The number of hydrogen-bond donors (Lipinski definition) is 1. The van der Waals surface area contributed by atoms with Crippen molar-refractivity contribution in [2.24, 2.45) is 0 Å². The SMILES string of the molecule is O=C(CCc1ccncc1)N1CCCC12CCCN(C1CCC(O)CC1)C2=O. The highest BCUT2D eigenvalue weighted by Crippen LogP contribution is 2.40. The lowest BCUT2D eigenvalue weighted by molar-refractivity contribution is -0.158. The van der Waals surface area contributed by atoms with Crippen LogP contribution in [0.1, 0.15) is 63.4 Å². The molecule has 1 aliphatic carbocycles. The molecule has 1 atom stereocenters. The fourth-order valence-electron chi connectivity index (χ4n) is 5.40. The van der Waals surface area contributed by atoms with Crippen molar-refractivity contribution in [1.82, 2.24) is 14.8 Å². The van der Waals surface area contributed by atoms with E-state index in [1.165, 1.54) is 0 Å². The van der Waals surface area contributed by atoms with Crippen molar-refractivity contribution >= 4 is 11.8 Å². The standard InChI is InChI=1S/C22H31N3O3/c26-19-6-4-18(5-7-19)24-15-1-11-22(21(24)28)12-2-16-25(22)20(27)8-3-17-9-13-23-14-10-17/h9-10,13-14,18-19,26H,1-8,11-12,15-16H2. The lowest BCUT2D eigenvalue weighted by Crippen LogP contribution is -2.63. The van der Waals surface area contributed by atoms with Gasteiger partial charge >= 0.3 is 0 Å². The molecule has 2 aliphatic heterocycles. The Morgan fingerprint density at radius 1 is 1.11 bits per heavy atom. The molecule has 1 spiro atoms. The maximum Gasteiger partial charge on any atom is 0.248 e. The molecule has 28 heavy (non-hydrogen) atoms. The maximum atomic E-state index is 13.6. The second kappa shape index (κ2) is 8.19. The number of pyridine rings is 1. The van der Waals surface area contributed by atoms with Crippen molar-refractivity contribution < 1.29 is 14.7 Å². The number of hydrogen-bond acceptors (Lipinski definition) is 4. The Kier molecular flexibility index (Phi) is 5.67. The molecule has 0 radical (unpaired) electrons. The van der Waals surface area contributed by atoms with Crippen LogP contribution in [0.4, 0.5) is 0 Å². The number of carbonyl (C=O) groups is 2. The zero-order valence-corrected chi connectivity index (χ0v) is 16.6. The van der Waals surface area contributed by atoms with Gasteiger partial charge in [0.25, 0.3) is 0 Å².